The Hall–Kier alpha value is -1.69. The lowest BCUT2D eigenvalue weighted by atomic mass is 10.2. The Balaban J connectivity index is 2.39. The van der Waals surface area contributed by atoms with Gasteiger partial charge < -0.3 is 5.73 Å². The van der Waals surface area contributed by atoms with Crippen LogP contribution in [0.5, 0.6) is 0 Å². The van der Waals surface area contributed by atoms with Crippen molar-refractivity contribution < 1.29 is 0 Å². The third kappa shape index (κ3) is 3.20. The van der Waals surface area contributed by atoms with Crippen molar-refractivity contribution >= 4 is 17.6 Å². The number of anilines is 1. The molecule has 0 aliphatic heterocycles. The summed E-state index contributed by atoms with van der Waals surface area (Å²) in [4.78, 5) is 17.4. The molecule has 2 rings (SSSR count). The van der Waals surface area contributed by atoms with Crippen LogP contribution >= 0.6 is 11.8 Å². The SMILES string of the molecule is Cc1ccnc(Sc2nc(C(C)C)nc(N)c2C)n1. The first-order valence-electron chi connectivity index (χ1n) is 6.09. The van der Waals surface area contributed by atoms with Crippen LogP contribution in [0.2, 0.25) is 0 Å². The zero-order valence-electron chi connectivity index (χ0n) is 11.5. The molecule has 0 fully saturated rings. The van der Waals surface area contributed by atoms with Gasteiger partial charge in [0.15, 0.2) is 5.16 Å². The molecule has 0 aromatic carbocycles. The number of aromatic nitrogens is 4. The first-order valence-corrected chi connectivity index (χ1v) is 6.90. The average Bonchev–Trinajstić information content (AvgIpc) is 2.34. The van der Waals surface area contributed by atoms with E-state index in [-0.39, 0.29) is 5.92 Å². The highest BCUT2D eigenvalue weighted by molar-refractivity contribution is 7.99. The van der Waals surface area contributed by atoms with E-state index in [1.54, 1.807) is 6.20 Å². The van der Waals surface area contributed by atoms with Gasteiger partial charge in [0.1, 0.15) is 16.7 Å². The van der Waals surface area contributed by atoms with Gasteiger partial charge in [-0.3, -0.25) is 0 Å². The van der Waals surface area contributed by atoms with Gasteiger partial charge in [0, 0.05) is 23.4 Å². The van der Waals surface area contributed by atoms with E-state index in [4.69, 9.17) is 5.73 Å². The predicted molar refractivity (Wildman–Crippen MR) is 76.2 cm³/mol. The minimum absolute atomic E-state index is 0.237. The Morgan fingerprint density at radius 3 is 2.53 bits per heavy atom. The van der Waals surface area contributed by atoms with Crippen molar-refractivity contribution in [3.8, 4) is 0 Å². The monoisotopic (exact) mass is 275 g/mol. The smallest absolute Gasteiger partial charge is 0.194 e. The van der Waals surface area contributed by atoms with Gasteiger partial charge in [0.25, 0.3) is 0 Å². The topological polar surface area (TPSA) is 77.6 Å². The molecule has 0 atom stereocenters. The molecular weight excluding hydrogens is 258 g/mol. The van der Waals surface area contributed by atoms with Crippen LogP contribution in [0.4, 0.5) is 5.82 Å². The van der Waals surface area contributed by atoms with Crippen LogP contribution in [0.1, 0.15) is 36.8 Å². The minimum Gasteiger partial charge on any atom is -0.383 e. The lowest BCUT2D eigenvalue weighted by Crippen LogP contribution is -2.06. The Morgan fingerprint density at radius 1 is 1.16 bits per heavy atom. The number of rotatable bonds is 3. The van der Waals surface area contributed by atoms with Gasteiger partial charge in [0.2, 0.25) is 0 Å². The Bertz CT molecular complexity index is 598. The highest BCUT2D eigenvalue weighted by Gasteiger charge is 2.13. The van der Waals surface area contributed by atoms with Crippen molar-refractivity contribution in [2.24, 2.45) is 0 Å². The molecule has 6 heteroatoms. The fraction of sp³-hybridized carbons (Fsp3) is 0.385. The zero-order chi connectivity index (χ0) is 14.0. The number of nitrogens with zero attached hydrogens (tertiary/aromatic N) is 4. The molecule has 0 amide bonds. The first kappa shape index (κ1) is 13.7. The quantitative estimate of drug-likeness (QED) is 0.685. The van der Waals surface area contributed by atoms with Crippen molar-refractivity contribution in [3.05, 3.63) is 29.3 Å². The summed E-state index contributed by atoms with van der Waals surface area (Å²) in [5.74, 6) is 1.51. The van der Waals surface area contributed by atoms with Crippen LogP contribution in [0, 0.1) is 13.8 Å². The number of hydrogen-bond acceptors (Lipinski definition) is 6. The molecule has 2 N–H and O–H groups in total. The Morgan fingerprint density at radius 2 is 1.89 bits per heavy atom. The zero-order valence-corrected chi connectivity index (χ0v) is 12.3. The van der Waals surface area contributed by atoms with Gasteiger partial charge in [-0.1, -0.05) is 13.8 Å². The molecule has 0 saturated heterocycles. The summed E-state index contributed by atoms with van der Waals surface area (Å²) in [7, 11) is 0. The number of hydrogen-bond donors (Lipinski definition) is 1. The fourth-order valence-electron chi connectivity index (χ4n) is 1.45. The summed E-state index contributed by atoms with van der Waals surface area (Å²) in [6.07, 6.45) is 1.74. The van der Waals surface area contributed by atoms with E-state index in [0.717, 1.165) is 22.1 Å². The summed E-state index contributed by atoms with van der Waals surface area (Å²) in [5, 5.41) is 1.50. The molecule has 2 heterocycles. The predicted octanol–water partition coefficient (Wildman–Crippen LogP) is 2.74. The summed E-state index contributed by atoms with van der Waals surface area (Å²) < 4.78 is 0. The molecule has 5 nitrogen and oxygen atoms in total. The average molecular weight is 275 g/mol. The third-order valence-corrected chi connectivity index (χ3v) is 3.60. The van der Waals surface area contributed by atoms with E-state index in [0.29, 0.717) is 11.0 Å². The molecule has 2 aromatic heterocycles. The largest absolute Gasteiger partial charge is 0.383 e. The minimum atomic E-state index is 0.237. The van der Waals surface area contributed by atoms with Crippen molar-refractivity contribution in [3.63, 3.8) is 0 Å². The second-order valence-corrected chi connectivity index (χ2v) is 5.59. The molecule has 19 heavy (non-hydrogen) atoms. The molecule has 0 saturated carbocycles. The molecule has 0 aliphatic carbocycles. The summed E-state index contributed by atoms with van der Waals surface area (Å²) in [5.41, 5.74) is 7.74. The fourth-order valence-corrected chi connectivity index (χ4v) is 2.32. The maximum atomic E-state index is 5.94. The van der Waals surface area contributed by atoms with E-state index in [2.05, 4.69) is 19.9 Å². The van der Waals surface area contributed by atoms with Gasteiger partial charge in [-0.15, -0.1) is 0 Å². The molecule has 2 aromatic rings. The molecule has 0 radical (unpaired) electrons. The standard InChI is InChI=1S/C13H17N5S/c1-7(2)11-17-10(14)9(4)12(18-11)19-13-15-6-5-8(3)16-13/h5-7H,1-4H3,(H2,14,17,18). The van der Waals surface area contributed by atoms with Crippen LogP contribution in [-0.4, -0.2) is 19.9 Å². The third-order valence-electron chi connectivity index (χ3n) is 2.63. The normalized spacial score (nSPS) is 11.0. The number of aryl methyl sites for hydroxylation is 1. The van der Waals surface area contributed by atoms with Crippen LogP contribution in [0.15, 0.2) is 22.4 Å². The molecule has 0 bridgehead atoms. The Labute approximate surface area is 117 Å². The summed E-state index contributed by atoms with van der Waals surface area (Å²) in [6.45, 7) is 7.94. The lowest BCUT2D eigenvalue weighted by Gasteiger charge is -2.10. The van der Waals surface area contributed by atoms with Crippen molar-refractivity contribution in [2.75, 3.05) is 5.73 Å². The van der Waals surface area contributed by atoms with E-state index >= 15 is 0 Å². The number of nitrogens with two attached hydrogens (primary N) is 1. The van der Waals surface area contributed by atoms with E-state index in [9.17, 15) is 0 Å². The second kappa shape index (κ2) is 5.52. The van der Waals surface area contributed by atoms with Crippen molar-refractivity contribution in [2.45, 2.75) is 43.8 Å². The van der Waals surface area contributed by atoms with Gasteiger partial charge in [-0.05, 0) is 31.7 Å². The van der Waals surface area contributed by atoms with Crippen LogP contribution in [0.25, 0.3) is 0 Å². The lowest BCUT2D eigenvalue weighted by molar-refractivity contribution is 0.750. The molecule has 0 spiro atoms. The maximum Gasteiger partial charge on any atom is 0.194 e. The summed E-state index contributed by atoms with van der Waals surface area (Å²) >= 11 is 1.42. The molecule has 100 valence electrons. The van der Waals surface area contributed by atoms with E-state index in [1.165, 1.54) is 11.8 Å². The maximum absolute atomic E-state index is 5.94. The summed E-state index contributed by atoms with van der Waals surface area (Å²) in [6, 6.07) is 1.87. The second-order valence-electron chi connectivity index (χ2n) is 4.63. The van der Waals surface area contributed by atoms with Crippen molar-refractivity contribution in [1.29, 1.82) is 0 Å². The van der Waals surface area contributed by atoms with Crippen LogP contribution < -0.4 is 5.73 Å². The Kier molecular flexibility index (Phi) is 3.99. The highest BCUT2D eigenvalue weighted by Crippen LogP contribution is 2.29. The number of nitrogen functional groups attached to an aromatic ring is 1. The van der Waals surface area contributed by atoms with E-state index < -0.39 is 0 Å². The molecule has 0 aliphatic rings. The van der Waals surface area contributed by atoms with E-state index in [1.807, 2.05) is 33.8 Å². The van der Waals surface area contributed by atoms with Gasteiger partial charge in [-0.25, -0.2) is 19.9 Å². The van der Waals surface area contributed by atoms with Crippen molar-refractivity contribution in [1.82, 2.24) is 19.9 Å². The van der Waals surface area contributed by atoms with Gasteiger partial charge in [0.05, 0.1) is 0 Å². The van der Waals surface area contributed by atoms with Crippen LogP contribution in [0.3, 0.4) is 0 Å². The highest BCUT2D eigenvalue weighted by atomic mass is 32.2. The molecular formula is C13H17N5S. The molecule has 0 unspecified atom stereocenters. The first-order chi connectivity index (χ1) is 8.97. The van der Waals surface area contributed by atoms with Gasteiger partial charge >= 0.3 is 0 Å². The van der Waals surface area contributed by atoms with Gasteiger partial charge in [-0.2, -0.15) is 0 Å². The van der Waals surface area contributed by atoms with Crippen LogP contribution in [-0.2, 0) is 0 Å².